The van der Waals surface area contributed by atoms with E-state index < -0.39 is 23.3 Å². The molecular weight excluding hydrogens is 351 g/mol. The van der Waals surface area contributed by atoms with E-state index in [1.54, 1.807) is 4.57 Å². The van der Waals surface area contributed by atoms with Gasteiger partial charge in [-0.25, -0.2) is 9.18 Å². The summed E-state index contributed by atoms with van der Waals surface area (Å²) in [4.78, 5) is 26.0. The van der Waals surface area contributed by atoms with Crippen LogP contribution in [0.4, 0.5) is 10.1 Å². The number of carboxylic acids is 1. The third kappa shape index (κ3) is 3.20. The first-order chi connectivity index (χ1) is 12.8. The number of piperidine rings is 1. The number of aliphatic hydroxyl groups excluding tert-OH is 1. The molecule has 1 fully saturated rings. The average Bonchev–Trinajstić information content (AvgIpc) is 2.63. The molecule has 1 saturated heterocycles. The summed E-state index contributed by atoms with van der Waals surface area (Å²) in [6.07, 6.45) is 2.00. The fourth-order valence-corrected chi connectivity index (χ4v) is 4.02. The number of aromatic carboxylic acids is 1. The first kappa shape index (κ1) is 19.4. The molecule has 146 valence electrons. The number of aliphatic hydroxyl groups is 1. The third-order valence-electron chi connectivity index (χ3n) is 5.49. The van der Waals surface area contributed by atoms with Crippen LogP contribution in [0.25, 0.3) is 10.9 Å². The zero-order valence-electron chi connectivity index (χ0n) is 15.8. The lowest BCUT2D eigenvalue weighted by atomic mass is 9.94. The minimum atomic E-state index is -1.31. The van der Waals surface area contributed by atoms with Gasteiger partial charge in [0, 0.05) is 36.8 Å². The number of aryl methyl sites for hydroxylation is 2. The van der Waals surface area contributed by atoms with E-state index in [9.17, 15) is 19.8 Å². The second-order valence-electron chi connectivity index (χ2n) is 7.18. The Morgan fingerprint density at radius 3 is 2.63 bits per heavy atom. The van der Waals surface area contributed by atoms with Crippen LogP contribution >= 0.6 is 0 Å². The van der Waals surface area contributed by atoms with Crippen LogP contribution in [-0.2, 0) is 13.0 Å². The average molecular weight is 376 g/mol. The summed E-state index contributed by atoms with van der Waals surface area (Å²) in [6, 6.07) is 1.17. The van der Waals surface area contributed by atoms with Gasteiger partial charge in [-0.15, -0.1) is 0 Å². The van der Waals surface area contributed by atoms with E-state index in [1.165, 1.54) is 12.3 Å². The zero-order valence-corrected chi connectivity index (χ0v) is 15.8. The number of nitrogens with zero attached hydrogens (tertiary/aromatic N) is 2. The number of aromatic nitrogens is 1. The van der Waals surface area contributed by atoms with Crippen LogP contribution in [0.2, 0.25) is 0 Å². The molecule has 27 heavy (non-hydrogen) atoms. The van der Waals surface area contributed by atoms with Crippen LogP contribution in [0.15, 0.2) is 17.1 Å². The second-order valence-corrected chi connectivity index (χ2v) is 7.18. The molecule has 0 aliphatic carbocycles. The number of hydrogen-bond acceptors (Lipinski definition) is 4. The molecule has 1 aliphatic rings. The highest BCUT2D eigenvalue weighted by Crippen LogP contribution is 2.34. The van der Waals surface area contributed by atoms with E-state index in [1.807, 2.05) is 25.7 Å². The lowest BCUT2D eigenvalue weighted by Gasteiger charge is -2.37. The van der Waals surface area contributed by atoms with Gasteiger partial charge in [0.1, 0.15) is 11.4 Å². The lowest BCUT2D eigenvalue weighted by molar-refractivity contribution is 0.0694. The van der Waals surface area contributed by atoms with Crippen LogP contribution in [0.3, 0.4) is 0 Å². The monoisotopic (exact) mass is 376 g/mol. The lowest BCUT2D eigenvalue weighted by Crippen LogP contribution is -2.42. The number of carbonyl (C=O) groups is 1. The molecule has 2 N–H and O–H groups in total. The predicted octanol–water partition coefficient (Wildman–Crippen LogP) is 2.63. The van der Waals surface area contributed by atoms with E-state index >= 15 is 4.39 Å². The Morgan fingerprint density at radius 1 is 1.37 bits per heavy atom. The summed E-state index contributed by atoms with van der Waals surface area (Å²) in [7, 11) is 0. The Labute approximate surface area is 156 Å². The molecule has 0 unspecified atom stereocenters. The van der Waals surface area contributed by atoms with Gasteiger partial charge in [0.25, 0.3) is 0 Å². The maximum absolute atomic E-state index is 15.1. The summed E-state index contributed by atoms with van der Waals surface area (Å²) in [5.41, 5.74) is 0.723. The number of rotatable bonds is 4. The SMILES string of the molecule is CCc1c(N2CC[C@@H](O)[C@H](C)C2)c(F)cc2c(=O)c(C(=O)O)cn(CC)c12. The standard InChI is InChI=1S/C20H25FN2O4/c1-4-12-17-13(19(25)14(20(26)27)10-22(17)5-2)8-15(21)18(12)23-7-6-16(24)11(3)9-23/h8,10-11,16,24H,4-7,9H2,1-3H3,(H,26,27)/t11-,16-/m1/s1. The van der Waals surface area contributed by atoms with E-state index in [4.69, 9.17) is 0 Å². The molecule has 0 amide bonds. The Bertz CT molecular complexity index is 953. The predicted molar refractivity (Wildman–Crippen MR) is 102 cm³/mol. The summed E-state index contributed by atoms with van der Waals surface area (Å²) in [5.74, 6) is -1.82. The summed E-state index contributed by atoms with van der Waals surface area (Å²) in [5, 5.41) is 19.4. The molecule has 6 nitrogen and oxygen atoms in total. The number of benzene rings is 1. The molecule has 3 rings (SSSR count). The van der Waals surface area contributed by atoms with Gasteiger partial charge in [-0.1, -0.05) is 13.8 Å². The van der Waals surface area contributed by atoms with Crippen LogP contribution in [-0.4, -0.2) is 39.9 Å². The Kier molecular flexibility index (Phi) is 5.24. The van der Waals surface area contributed by atoms with Crippen LogP contribution in [0.1, 0.15) is 43.1 Å². The summed E-state index contributed by atoms with van der Waals surface area (Å²) < 4.78 is 16.8. The van der Waals surface area contributed by atoms with Gasteiger partial charge in [0.2, 0.25) is 5.43 Å². The maximum atomic E-state index is 15.1. The fourth-order valence-electron chi connectivity index (χ4n) is 4.02. The largest absolute Gasteiger partial charge is 0.477 e. The highest BCUT2D eigenvalue weighted by Gasteiger charge is 2.29. The molecule has 0 radical (unpaired) electrons. The maximum Gasteiger partial charge on any atom is 0.341 e. The number of fused-ring (bicyclic) bond motifs is 1. The van der Waals surface area contributed by atoms with Gasteiger partial charge < -0.3 is 19.7 Å². The molecule has 1 aromatic carbocycles. The van der Waals surface area contributed by atoms with Gasteiger partial charge in [-0.3, -0.25) is 4.79 Å². The second kappa shape index (κ2) is 7.31. The van der Waals surface area contributed by atoms with Crippen molar-refractivity contribution in [2.45, 2.75) is 46.3 Å². The molecule has 1 aromatic heterocycles. The quantitative estimate of drug-likeness (QED) is 0.857. The van der Waals surface area contributed by atoms with Crippen molar-refractivity contribution in [1.29, 1.82) is 0 Å². The topological polar surface area (TPSA) is 82.8 Å². The Morgan fingerprint density at radius 2 is 2.07 bits per heavy atom. The van der Waals surface area contributed by atoms with Gasteiger partial charge in [0.15, 0.2) is 0 Å². The minimum Gasteiger partial charge on any atom is -0.477 e. The summed E-state index contributed by atoms with van der Waals surface area (Å²) in [6.45, 7) is 7.21. The smallest absolute Gasteiger partial charge is 0.341 e. The number of carboxylic acid groups (broad SMARTS) is 1. The molecule has 0 spiro atoms. The van der Waals surface area contributed by atoms with Crippen molar-refractivity contribution in [2.24, 2.45) is 5.92 Å². The molecule has 7 heteroatoms. The van der Waals surface area contributed by atoms with Gasteiger partial charge in [0.05, 0.1) is 17.3 Å². The highest BCUT2D eigenvalue weighted by molar-refractivity contribution is 5.95. The third-order valence-corrected chi connectivity index (χ3v) is 5.49. The number of anilines is 1. The molecule has 2 atom stereocenters. The van der Waals surface area contributed by atoms with Gasteiger partial charge >= 0.3 is 5.97 Å². The number of hydrogen-bond donors (Lipinski definition) is 2. The molecule has 1 aliphatic heterocycles. The minimum absolute atomic E-state index is 0.0151. The van der Waals surface area contributed by atoms with Crippen molar-refractivity contribution in [3.05, 3.63) is 39.4 Å². The first-order valence-electron chi connectivity index (χ1n) is 9.34. The molecule has 0 bridgehead atoms. The van der Waals surface area contributed by atoms with Crippen LogP contribution < -0.4 is 10.3 Å². The van der Waals surface area contributed by atoms with Crippen molar-refractivity contribution in [3.8, 4) is 0 Å². The van der Waals surface area contributed by atoms with Crippen molar-refractivity contribution in [3.63, 3.8) is 0 Å². The van der Waals surface area contributed by atoms with Gasteiger partial charge in [-0.05, 0) is 31.7 Å². The number of pyridine rings is 1. The van der Waals surface area contributed by atoms with E-state index in [-0.39, 0.29) is 16.9 Å². The molecular formula is C20H25FN2O4. The fraction of sp³-hybridized carbons (Fsp3) is 0.500. The van der Waals surface area contributed by atoms with Crippen molar-refractivity contribution in [1.82, 2.24) is 4.57 Å². The molecule has 0 saturated carbocycles. The zero-order chi connectivity index (χ0) is 19.9. The highest BCUT2D eigenvalue weighted by atomic mass is 19.1. The van der Waals surface area contributed by atoms with E-state index in [0.29, 0.717) is 49.2 Å². The summed E-state index contributed by atoms with van der Waals surface area (Å²) >= 11 is 0. The van der Waals surface area contributed by atoms with Crippen molar-refractivity contribution >= 4 is 22.6 Å². The van der Waals surface area contributed by atoms with Crippen LogP contribution in [0.5, 0.6) is 0 Å². The normalized spacial score (nSPS) is 20.3. The Balaban J connectivity index is 2.31. The molecule has 2 heterocycles. The van der Waals surface area contributed by atoms with Crippen molar-refractivity contribution < 1.29 is 19.4 Å². The molecule has 2 aromatic rings. The Hall–Kier alpha value is -2.41. The van der Waals surface area contributed by atoms with E-state index in [0.717, 1.165) is 0 Å². The van der Waals surface area contributed by atoms with Crippen LogP contribution in [0, 0.1) is 11.7 Å². The first-order valence-corrected chi connectivity index (χ1v) is 9.34. The number of halogens is 1. The van der Waals surface area contributed by atoms with Gasteiger partial charge in [-0.2, -0.15) is 0 Å². The van der Waals surface area contributed by atoms with E-state index in [2.05, 4.69) is 0 Å². The van der Waals surface area contributed by atoms with Crippen molar-refractivity contribution in [2.75, 3.05) is 18.0 Å².